The molecule has 1 aromatic heterocycles. The molecular formula is C20H23N3O5. The molecular weight excluding hydrogens is 362 g/mol. The van der Waals surface area contributed by atoms with E-state index in [2.05, 4.69) is 15.6 Å². The minimum atomic E-state index is -0.447. The lowest BCUT2D eigenvalue weighted by Gasteiger charge is -2.12. The molecule has 1 unspecified atom stereocenters. The summed E-state index contributed by atoms with van der Waals surface area (Å²) in [4.78, 5) is 29.0. The number of amides is 2. The molecule has 0 spiro atoms. The first-order valence-electron chi connectivity index (χ1n) is 9.00. The van der Waals surface area contributed by atoms with Gasteiger partial charge in [0.05, 0.1) is 26.0 Å². The number of hydrogen-bond acceptors (Lipinski definition) is 6. The number of pyridine rings is 1. The smallest absolute Gasteiger partial charge is 0.274 e. The van der Waals surface area contributed by atoms with E-state index in [-0.39, 0.29) is 17.7 Å². The number of nitrogens with zero attached hydrogens (tertiary/aromatic N) is 1. The van der Waals surface area contributed by atoms with Crippen LogP contribution in [0.25, 0.3) is 0 Å². The van der Waals surface area contributed by atoms with Crippen molar-refractivity contribution in [3.05, 3.63) is 47.8 Å². The number of hydrogen-bond donors (Lipinski definition) is 2. The first-order chi connectivity index (χ1) is 13.6. The molecule has 2 aromatic rings. The molecule has 2 heterocycles. The summed E-state index contributed by atoms with van der Waals surface area (Å²) in [6.45, 7) is 1.18. The molecule has 1 saturated heterocycles. The molecule has 8 nitrogen and oxygen atoms in total. The van der Waals surface area contributed by atoms with Gasteiger partial charge < -0.3 is 24.8 Å². The Morgan fingerprint density at radius 3 is 2.75 bits per heavy atom. The minimum Gasteiger partial charge on any atom is -0.497 e. The second-order valence-corrected chi connectivity index (χ2v) is 6.30. The average Bonchev–Trinajstić information content (AvgIpc) is 3.26. The molecule has 8 heteroatoms. The zero-order valence-corrected chi connectivity index (χ0v) is 15.9. The van der Waals surface area contributed by atoms with Gasteiger partial charge >= 0.3 is 0 Å². The summed E-state index contributed by atoms with van der Waals surface area (Å²) in [5.41, 5.74) is 0.964. The van der Waals surface area contributed by atoms with E-state index < -0.39 is 5.91 Å². The number of rotatable bonds is 7. The van der Waals surface area contributed by atoms with Crippen molar-refractivity contribution < 1.29 is 23.8 Å². The van der Waals surface area contributed by atoms with Crippen molar-refractivity contribution in [2.24, 2.45) is 0 Å². The normalized spacial score (nSPS) is 15.7. The molecule has 2 amide bonds. The summed E-state index contributed by atoms with van der Waals surface area (Å²) in [6, 6.07) is 8.07. The fourth-order valence-electron chi connectivity index (χ4n) is 2.90. The van der Waals surface area contributed by atoms with Gasteiger partial charge in [-0.05, 0) is 37.1 Å². The number of anilines is 1. The lowest BCUT2D eigenvalue weighted by molar-refractivity contribution is 0.0857. The molecule has 1 aliphatic rings. The third-order valence-electron chi connectivity index (χ3n) is 4.43. The van der Waals surface area contributed by atoms with E-state index >= 15 is 0 Å². The Labute approximate surface area is 163 Å². The summed E-state index contributed by atoms with van der Waals surface area (Å²) < 4.78 is 15.9. The molecule has 2 N–H and O–H groups in total. The molecule has 28 heavy (non-hydrogen) atoms. The third-order valence-corrected chi connectivity index (χ3v) is 4.43. The summed E-state index contributed by atoms with van der Waals surface area (Å²) in [5, 5.41) is 5.57. The molecule has 0 aliphatic carbocycles. The van der Waals surface area contributed by atoms with Gasteiger partial charge in [0.15, 0.2) is 0 Å². The van der Waals surface area contributed by atoms with Gasteiger partial charge in [0.1, 0.15) is 17.2 Å². The van der Waals surface area contributed by atoms with Crippen LogP contribution in [0, 0.1) is 0 Å². The fraction of sp³-hybridized carbons (Fsp3) is 0.350. The van der Waals surface area contributed by atoms with Crippen molar-refractivity contribution in [3.63, 3.8) is 0 Å². The summed E-state index contributed by atoms with van der Waals surface area (Å²) >= 11 is 0. The van der Waals surface area contributed by atoms with Crippen molar-refractivity contribution in [3.8, 4) is 11.5 Å². The number of aromatic nitrogens is 1. The van der Waals surface area contributed by atoms with Gasteiger partial charge in [-0.1, -0.05) is 0 Å². The summed E-state index contributed by atoms with van der Waals surface area (Å²) in [5.74, 6) is 0.349. The number of benzene rings is 1. The topological polar surface area (TPSA) is 98.8 Å². The van der Waals surface area contributed by atoms with E-state index in [4.69, 9.17) is 14.2 Å². The van der Waals surface area contributed by atoms with Crippen molar-refractivity contribution in [1.29, 1.82) is 0 Å². The Balaban J connectivity index is 1.67. The van der Waals surface area contributed by atoms with Crippen LogP contribution in [0.2, 0.25) is 0 Å². The quantitative estimate of drug-likeness (QED) is 0.759. The van der Waals surface area contributed by atoms with Gasteiger partial charge in [-0.2, -0.15) is 0 Å². The van der Waals surface area contributed by atoms with Crippen LogP contribution < -0.4 is 20.1 Å². The molecule has 0 bridgehead atoms. The van der Waals surface area contributed by atoms with Crippen molar-refractivity contribution >= 4 is 17.5 Å². The van der Waals surface area contributed by atoms with Crippen molar-refractivity contribution in [2.75, 3.05) is 32.7 Å². The van der Waals surface area contributed by atoms with E-state index in [1.807, 2.05) is 0 Å². The Kier molecular flexibility index (Phi) is 6.44. The average molecular weight is 385 g/mol. The van der Waals surface area contributed by atoms with Crippen LogP contribution in [-0.4, -0.2) is 50.3 Å². The standard InChI is InChI=1S/C20H23N3O5/c1-26-14-5-6-16(18(11-14)27-2)23-20(25)17-10-13(7-8-21-17)19(24)22-12-15-4-3-9-28-15/h5-8,10-11,15H,3-4,9,12H2,1-2H3,(H,22,24)(H,23,25). The molecule has 1 aliphatic heterocycles. The SMILES string of the molecule is COc1ccc(NC(=O)c2cc(C(=O)NCC3CCCO3)ccn2)c(OC)c1. The molecule has 3 rings (SSSR count). The van der Waals surface area contributed by atoms with Crippen molar-refractivity contribution in [2.45, 2.75) is 18.9 Å². The lowest BCUT2D eigenvalue weighted by Crippen LogP contribution is -2.32. The summed E-state index contributed by atoms with van der Waals surface area (Å²) in [7, 11) is 3.05. The van der Waals surface area contributed by atoms with Crippen LogP contribution in [-0.2, 0) is 4.74 Å². The highest BCUT2D eigenvalue weighted by atomic mass is 16.5. The first-order valence-corrected chi connectivity index (χ1v) is 9.00. The monoisotopic (exact) mass is 385 g/mol. The highest BCUT2D eigenvalue weighted by Gasteiger charge is 2.18. The van der Waals surface area contributed by atoms with Crippen LogP contribution in [0.4, 0.5) is 5.69 Å². The van der Waals surface area contributed by atoms with Crippen LogP contribution in [0.1, 0.15) is 33.7 Å². The maximum Gasteiger partial charge on any atom is 0.274 e. The molecule has 1 atom stereocenters. The molecule has 0 saturated carbocycles. The predicted molar refractivity (Wildman–Crippen MR) is 103 cm³/mol. The van der Waals surface area contributed by atoms with E-state index in [0.29, 0.717) is 29.3 Å². The van der Waals surface area contributed by atoms with Crippen LogP contribution in [0.5, 0.6) is 11.5 Å². The lowest BCUT2D eigenvalue weighted by atomic mass is 10.2. The Hall–Kier alpha value is -3.13. The maximum absolute atomic E-state index is 12.6. The number of methoxy groups -OCH3 is 2. The largest absolute Gasteiger partial charge is 0.497 e. The van der Waals surface area contributed by atoms with E-state index in [0.717, 1.165) is 19.4 Å². The number of carbonyl (C=O) groups excluding carboxylic acids is 2. The van der Waals surface area contributed by atoms with Gasteiger partial charge in [0, 0.05) is 31.0 Å². The number of carbonyl (C=O) groups is 2. The van der Waals surface area contributed by atoms with Crippen molar-refractivity contribution in [1.82, 2.24) is 10.3 Å². The van der Waals surface area contributed by atoms with Crippen LogP contribution >= 0.6 is 0 Å². The van der Waals surface area contributed by atoms with E-state index in [1.54, 1.807) is 31.4 Å². The molecule has 1 aromatic carbocycles. The maximum atomic E-state index is 12.6. The van der Waals surface area contributed by atoms with Crippen LogP contribution in [0.15, 0.2) is 36.5 Å². The third kappa shape index (κ3) is 4.77. The second-order valence-electron chi connectivity index (χ2n) is 6.30. The Morgan fingerprint density at radius 2 is 2.04 bits per heavy atom. The van der Waals surface area contributed by atoms with Gasteiger partial charge in [-0.15, -0.1) is 0 Å². The van der Waals surface area contributed by atoms with Crippen LogP contribution in [0.3, 0.4) is 0 Å². The molecule has 148 valence electrons. The zero-order valence-electron chi connectivity index (χ0n) is 15.9. The Morgan fingerprint density at radius 1 is 1.18 bits per heavy atom. The second kappa shape index (κ2) is 9.18. The highest BCUT2D eigenvalue weighted by molar-refractivity contribution is 6.05. The predicted octanol–water partition coefficient (Wildman–Crippen LogP) is 2.26. The van der Waals surface area contributed by atoms with Gasteiger partial charge in [0.25, 0.3) is 11.8 Å². The number of nitrogens with one attached hydrogen (secondary N) is 2. The van der Waals surface area contributed by atoms with Gasteiger partial charge in [-0.25, -0.2) is 0 Å². The van der Waals surface area contributed by atoms with E-state index in [1.165, 1.54) is 19.4 Å². The minimum absolute atomic E-state index is 0.0519. The van der Waals surface area contributed by atoms with Gasteiger partial charge in [-0.3, -0.25) is 14.6 Å². The molecule has 0 radical (unpaired) electrons. The fourth-order valence-corrected chi connectivity index (χ4v) is 2.90. The summed E-state index contributed by atoms with van der Waals surface area (Å²) in [6.07, 6.45) is 3.43. The van der Waals surface area contributed by atoms with Gasteiger partial charge in [0.2, 0.25) is 0 Å². The first kappa shape index (κ1) is 19.6. The highest BCUT2D eigenvalue weighted by Crippen LogP contribution is 2.29. The molecule has 1 fully saturated rings. The van der Waals surface area contributed by atoms with E-state index in [9.17, 15) is 9.59 Å². The zero-order chi connectivity index (χ0) is 19.9. The number of ether oxygens (including phenoxy) is 3. The Bertz CT molecular complexity index is 849.